The summed E-state index contributed by atoms with van der Waals surface area (Å²) in [6.07, 6.45) is 0.645. The third-order valence-electron chi connectivity index (χ3n) is 6.76. The van der Waals surface area contributed by atoms with Crippen LogP contribution >= 0.6 is 0 Å². The van der Waals surface area contributed by atoms with Crippen molar-refractivity contribution < 1.29 is 13.9 Å². The molecule has 0 bridgehead atoms. The maximum absolute atomic E-state index is 14.5. The summed E-state index contributed by atoms with van der Waals surface area (Å²) in [5.74, 6) is 0.375. The monoisotopic (exact) mass is 445 g/mol. The number of ether oxygens (including phenoxy) is 1. The molecular formula is C27H28FN3O2. The second-order valence-corrected chi connectivity index (χ2v) is 8.67. The first-order valence-electron chi connectivity index (χ1n) is 11.4. The van der Waals surface area contributed by atoms with Gasteiger partial charge in [0, 0.05) is 37.9 Å². The molecule has 0 unspecified atom stereocenters. The van der Waals surface area contributed by atoms with Gasteiger partial charge < -0.3 is 19.9 Å². The number of anilines is 2. The highest BCUT2D eigenvalue weighted by Crippen LogP contribution is 2.39. The molecule has 5 nitrogen and oxygen atoms in total. The zero-order valence-electron chi connectivity index (χ0n) is 18.7. The number of piperazine rings is 1. The van der Waals surface area contributed by atoms with Crippen molar-refractivity contribution in [1.29, 1.82) is 0 Å². The minimum atomic E-state index is -0.232. The molecule has 0 spiro atoms. The summed E-state index contributed by atoms with van der Waals surface area (Å²) < 4.78 is 20.0. The number of halogens is 1. The molecule has 2 atom stereocenters. The molecule has 6 heteroatoms. The largest absolute Gasteiger partial charge is 0.497 e. The van der Waals surface area contributed by atoms with Gasteiger partial charge in [-0.15, -0.1) is 0 Å². The van der Waals surface area contributed by atoms with E-state index < -0.39 is 0 Å². The molecule has 33 heavy (non-hydrogen) atoms. The van der Waals surface area contributed by atoms with E-state index in [1.165, 1.54) is 6.07 Å². The third kappa shape index (κ3) is 4.25. The van der Waals surface area contributed by atoms with Gasteiger partial charge in [0.25, 0.3) is 0 Å². The summed E-state index contributed by atoms with van der Waals surface area (Å²) in [5.41, 5.74) is 3.92. The number of amides is 1. The lowest BCUT2D eigenvalue weighted by molar-refractivity contribution is -0.126. The quantitative estimate of drug-likeness (QED) is 0.645. The van der Waals surface area contributed by atoms with E-state index in [1.54, 1.807) is 13.2 Å². The average molecular weight is 446 g/mol. The van der Waals surface area contributed by atoms with E-state index >= 15 is 0 Å². The smallest absolute Gasteiger partial charge is 0.225 e. The molecule has 1 fully saturated rings. The Labute approximate surface area is 193 Å². The molecular weight excluding hydrogens is 417 g/mol. The molecule has 0 saturated carbocycles. The van der Waals surface area contributed by atoms with Crippen LogP contribution in [0.2, 0.25) is 0 Å². The first-order valence-corrected chi connectivity index (χ1v) is 11.4. The Kier molecular flexibility index (Phi) is 5.90. The maximum atomic E-state index is 14.5. The zero-order valence-corrected chi connectivity index (χ0v) is 18.7. The molecule has 0 aromatic heterocycles. The SMILES string of the molecule is COc1ccc2c(c1)N1CCN(c3ccccc3F)C[C@H]1[C@@H](C(=O)NCc1ccccc1)C2. The van der Waals surface area contributed by atoms with E-state index in [0.717, 1.165) is 22.6 Å². The van der Waals surface area contributed by atoms with Crippen molar-refractivity contribution >= 4 is 17.3 Å². The molecule has 2 heterocycles. The number of carbonyl (C=O) groups excluding carboxylic acids is 1. The van der Waals surface area contributed by atoms with Gasteiger partial charge in [-0.1, -0.05) is 48.5 Å². The number of methoxy groups -OCH3 is 1. The molecule has 3 aromatic carbocycles. The maximum Gasteiger partial charge on any atom is 0.225 e. The van der Waals surface area contributed by atoms with Crippen molar-refractivity contribution in [3.63, 3.8) is 0 Å². The van der Waals surface area contributed by atoms with Crippen LogP contribution in [0.3, 0.4) is 0 Å². The number of carbonyl (C=O) groups is 1. The van der Waals surface area contributed by atoms with Gasteiger partial charge in [0.05, 0.1) is 24.8 Å². The summed E-state index contributed by atoms with van der Waals surface area (Å²) in [5, 5.41) is 3.14. The Hall–Kier alpha value is -3.54. The fraction of sp³-hybridized carbons (Fsp3) is 0.296. The van der Waals surface area contributed by atoms with Gasteiger partial charge in [-0.25, -0.2) is 4.39 Å². The van der Waals surface area contributed by atoms with Gasteiger partial charge >= 0.3 is 0 Å². The van der Waals surface area contributed by atoms with Crippen molar-refractivity contribution in [2.45, 2.75) is 19.0 Å². The lowest BCUT2D eigenvalue weighted by atomic mass is 9.83. The Morgan fingerprint density at radius 3 is 2.61 bits per heavy atom. The van der Waals surface area contributed by atoms with Crippen LogP contribution in [0.4, 0.5) is 15.8 Å². The molecule has 2 aliphatic rings. The molecule has 5 rings (SSSR count). The fourth-order valence-corrected chi connectivity index (χ4v) is 5.05. The number of hydrogen-bond donors (Lipinski definition) is 1. The van der Waals surface area contributed by atoms with Crippen molar-refractivity contribution in [2.24, 2.45) is 5.92 Å². The van der Waals surface area contributed by atoms with Crippen LogP contribution in [0.1, 0.15) is 11.1 Å². The van der Waals surface area contributed by atoms with Crippen LogP contribution in [-0.2, 0) is 17.8 Å². The minimum absolute atomic E-state index is 0.0331. The van der Waals surface area contributed by atoms with E-state index in [4.69, 9.17) is 4.74 Å². The van der Waals surface area contributed by atoms with E-state index in [-0.39, 0.29) is 23.7 Å². The predicted octanol–water partition coefficient (Wildman–Crippen LogP) is 4.02. The van der Waals surface area contributed by atoms with Crippen LogP contribution in [0.15, 0.2) is 72.8 Å². The Bertz CT molecular complexity index is 1140. The first kappa shape index (κ1) is 21.3. The van der Waals surface area contributed by atoms with Gasteiger partial charge in [0.15, 0.2) is 0 Å². The topological polar surface area (TPSA) is 44.8 Å². The molecule has 1 saturated heterocycles. The Morgan fingerprint density at radius 1 is 1.03 bits per heavy atom. The Morgan fingerprint density at radius 2 is 1.82 bits per heavy atom. The standard InChI is InChI=1S/C27H28FN3O2/c1-33-21-12-11-20-15-22(27(32)29-17-19-7-3-2-4-8-19)26-18-30(13-14-31(26)25(20)16-21)24-10-6-5-9-23(24)28/h2-12,16,22,26H,13-15,17-18H2,1H3,(H,29,32)/t22-,26-/m0/s1. The average Bonchev–Trinajstić information content (AvgIpc) is 2.87. The molecule has 0 aliphatic carbocycles. The molecule has 0 radical (unpaired) electrons. The van der Waals surface area contributed by atoms with Crippen molar-refractivity contribution in [3.8, 4) is 5.75 Å². The second-order valence-electron chi connectivity index (χ2n) is 8.67. The molecule has 170 valence electrons. The van der Waals surface area contributed by atoms with Crippen LogP contribution in [0, 0.1) is 11.7 Å². The lowest BCUT2D eigenvalue weighted by Crippen LogP contribution is -2.61. The normalized spacial score (nSPS) is 19.5. The highest BCUT2D eigenvalue weighted by atomic mass is 19.1. The van der Waals surface area contributed by atoms with Crippen molar-refractivity contribution in [2.75, 3.05) is 36.5 Å². The highest BCUT2D eigenvalue weighted by molar-refractivity contribution is 5.82. The molecule has 1 N–H and O–H groups in total. The summed E-state index contributed by atoms with van der Waals surface area (Å²) >= 11 is 0. The number of fused-ring (bicyclic) bond motifs is 3. The zero-order chi connectivity index (χ0) is 22.8. The predicted molar refractivity (Wildman–Crippen MR) is 128 cm³/mol. The van der Waals surface area contributed by atoms with Crippen LogP contribution in [-0.4, -0.2) is 38.7 Å². The van der Waals surface area contributed by atoms with Crippen LogP contribution < -0.4 is 19.9 Å². The molecule has 3 aromatic rings. The molecule has 2 aliphatic heterocycles. The van der Waals surface area contributed by atoms with Crippen molar-refractivity contribution in [3.05, 3.63) is 89.7 Å². The van der Waals surface area contributed by atoms with E-state index in [2.05, 4.69) is 27.2 Å². The first-order chi connectivity index (χ1) is 16.1. The van der Waals surface area contributed by atoms with Crippen LogP contribution in [0.5, 0.6) is 5.75 Å². The number of para-hydroxylation sites is 1. The van der Waals surface area contributed by atoms with Crippen molar-refractivity contribution in [1.82, 2.24) is 5.32 Å². The summed E-state index contributed by atoms with van der Waals surface area (Å²) in [4.78, 5) is 17.8. The molecule has 1 amide bonds. The number of nitrogens with one attached hydrogen (secondary N) is 1. The number of benzene rings is 3. The van der Waals surface area contributed by atoms with Gasteiger partial charge in [-0.3, -0.25) is 4.79 Å². The number of hydrogen-bond acceptors (Lipinski definition) is 4. The van der Waals surface area contributed by atoms with Gasteiger partial charge in [-0.2, -0.15) is 0 Å². The third-order valence-corrected chi connectivity index (χ3v) is 6.76. The summed E-state index contributed by atoms with van der Waals surface area (Å²) in [6, 6.07) is 22.8. The van der Waals surface area contributed by atoms with E-state index in [9.17, 15) is 9.18 Å². The van der Waals surface area contributed by atoms with E-state index in [0.29, 0.717) is 38.3 Å². The van der Waals surface area contributed by atoms with Gasteiger partial charge in [0.1, 0.15) is 11.6 Å². The Balaban J connectivity index is 1.43. The fourth-order valence-electron chi connectivity index (χ4n) is 5.05. The highest BCUT2D eigenvalue weighted by Gasteiger charge is 2.42. The van der Waals surface area contributed by atoms with Gasteiger partial charge in [-0.05, 0) is 35.7 Å². The number of nitrogens with zero attached hydrogens (tertiary/aromatic N) is 2. The van der Waals surface area contributed by atoms with Gasteiger partial charge in [0.2, 0.25) is 5.91 Å². The summed E-state index contributed by atoms with van der Waals surface area (Å²) in [6.45, 7) is 2.48. The summed E-state index contributed by atoms with van der Waals surface area (Å²) in [7, 11) is 1.66. The second kappa shape index (κ2) is 9.14. The number of rotatable bonds is 5. The van der Waals surface area contributed by atoms with E-state index in [1.807, 2.05) is 48.5 Å². The lowest BCUT2D eigenvalue weighted by Gasteiger charge is -2.49. The minimum Gasteiger partial charge on any atom is -0.497 e. The van der Waals surface area contributed by atoms with Crippen LogP contribution in [0.25, 0.3) is 0 Å².